The molecule has 1 aliphatic rings. The second-order valence-corrected chi connectivity index (χ2v) is 6.66. The van der Waals surface area contributed by atoms with Gasteiger partial charge in [-0.15, -0.1) is 10.2 Å². The third-order valence-corrected chi connectivity index (χ3v) is 4.83. The van der Waals surface area contributed by atoms with Gasteiger partial charge in [0.15, 0.2) is 11.5 Å². The van der Waals surface area contributed by atoms with Gasteiger partial charge in [-0.25, -0.2) is 4.79 Å². The highest BCUT2D eigenvalue weighted by Gasteiger charge is 2.24. The molecular weight excluding hydrogens is 368 g/mol. The molecular formula is C22H20N4O3. The van der Waals surface area contributed by atoms with Gasteiger partial charge in [-0.2, -0.15) is 0 Å². The van der Waals surface area contributed by atoms with E-state index in [1.165, 1.54) is 7.11 Å². The highest BCUT2D eigenvalue weighted by Crippen LogP contribution is 2.28. The number of hydrogen-bond acceptors (Lipinski definition) is 6. The molecule has 1 aromatic heterocycles. The van der Waals surface area contributed by atoms with Crippen LogP contribution in [0.25, 0.3) is 0 Å². The molecule has 2 aromatic carbocycles. The minimum absolute atomic E-state index is 0.175. The maximum atomic E-state index is 13.0. The van der Waals surface area contributed by atoms with E-state index in [-0.39, 0.29) is 11.6 Å². The van der Waals surface area contributed by atoms with E-state index in [0.717, 1.165) is 24.1 Å². The third kappa shape index (κ3) is 3.80. The topological polar surface area (TPSA) is 84.4 Å². The Morgan fingerprint density at radius 3 is 2.59 bits per heavy atom. The molecule has 0 unspecified atom stereocenters. The average Bonchev–Trinajstić information content (AvgIpc) is 2.78. The molecule has 1 amide bonds. The number of methoxy groups -OCH3 is 1. The lowest BCUT2D eigenvalue weighted by atomic mass is 10.0. The fourth-order valence-corrected chi connectivity index (χ4v) is 3.41. The number of amides is 1. The van der Waals surface area contributed by atoms with Gasteiger partial charge in [-0.3, -0.25) is 4.79 Å². The van der Waals surface area contributed by atoms with Gasteiger partial charge in [0.25, 0.3) is 5.91 Å². The average molecular weight is 388 g/mol. The number of carbonyl (C=O) groups is 2. The first kappa shape index (κ1) is 18.6. The van der Waals surface area contributed by atoms with Crippen LogP contribution in [0.3, 0.4) is 0 Å². The Bertz CT molecular complexity index is 1050. The summed E-state index contributed by atoms with van der Waals surface area (Å²) in [6.07, 6.45) is 1.88. The van der Waals surface area contributed by atoms with E-state index >= 15 is 0 Å². The first-order valence-electron chi connectivity index (χ1n) is 9.35. The summed E-state index contributed by atoms with van der Waals surface area (Å²) in [7, 11) is 1.33. The summed E-state index contributed by atoms with van der Waals surface area (Å²) >= 11 is 0. The van der Waals surface area contributed by atoms with Crippen molar-refractivity contribution in [2.75, 3.05) is 23.9 Å². The number of nitrogens with one attached hydrogen (secondary N) is 1. The Hall–Kier alpha value is -3.74. The zero-order chi connectivity index (χ0) is 20.2. The summed E-state index contributed by atoms with van der Waals surface area (Å²) < 4.78 is 4.80. The number of hydrogen-bond donors (Lipinski definition) is 1. The van der Waals surface area contributed by atoms with Gasteiger partial charge >= 0.3 is 5.97 Å². The number of nitrogens with zero attached hydrogens (tertiary/aromatic N) is 3. The summed E-state index contributed by atoms with van der Waals surface area (Å²) in [5.41, 5.74) is 3.31. The maximum absolute atomic E-state index is 13.0. The van der Waals surface area contributed by atoms with Crippen LogP contribution in [-0.4, -0.2) is 35.7 Å². The molecule has 0 atom stereocenters. The summed E-state index contributed by atoms with van der Waals surface area (Å²) in [6.45, 7) is 0.657. The molecule has 1 aliphatic heterocycles. The molecule has 0 radical (unpaired) electrons. The van der Waals surface area contributed by atoms with Crippen molar-refractivity contribution in [1.29, 1.82) is 0 Å². The molecule has 0 saturated carbocycles. The highest BCUT2D eigenvalue weighted by atomic mass is 16.5. The predicted octanol–water partition coefficient (Wildman–Crippen LogP) is 3.60. The summed E-state index contributed by atoms with van der Waals surface area (Å²) in [6, 6.07) is 18.2. The van der Waals surface area contributed by atoms with Crippen LogP contribution in [0.1, 0.15) is 32.8 Å². The number of fused-ring (bicyclic) bond motifs is 1. The van der Waals surface area contributed by atoms with E-state index in [9.17, 15) is 9.59 Å². The number of esters is 1. The maximum Gasteiger partial charge on any atom is 0.339 e. The number of carbonyl (C=O) groups excluding carboxylic acids is 2. The monoisotopic (exact) mass is 388 g/mol. The van der Waals surface area contributed by atoms with Gasteiger partial charge in [0, 0.05) is 12.2 Å². The smallest absolute Gasteiger partial charge is 0.339 e. The molecule has 146 valence electrons. The van der Waals surface area contributed by atoms with Crippen LogP contribution in [0.15, 0.2) is 60.7 Å². The van der Waals surface area contributed by atoms with E-state index in [4.69, 9.17) is 4.74 Å². The van der Waals surface area contributed by atoms with Gasteiger partial charge in [-0.1, -0.05) is 30.3 Å². The van der Waals surface area contributed by atoms with Crippen LogP contribution in [-0.2, 0) is 11.2 Å². The lowest BCUT2D eigenvalue weighted by Gasteiger charge is -2.29. The second kappa shape index (κ2) is 8.10. The first-order valence-corrected chi connectivity index (χ1v) is 9.35. The van der Waals surface area contributed by atoms with Crippen LogP contribution < -0.4 is 10.2 Å². The number of ether oxygens (including phenoxy) is 1. The van der Waals surface area contributed by atoms with Crippen LogP contribution in [0, 0.1) is 0 Å². The summed E-state index contributed by atoms with van der Waals surface area (Å²) in [4.78, 5) is 26.6. The lowest BCUT2D eigenvalue weighted by Crippen LogP contribution is -2.36. The number of rotatable bonds is 4. The molecule has 0 fully saturated rings. The fraction of sp³-hybridized carbons (Fsp3) is 0.182. The summed E-state index contributed by atoms with van der Waals surface area (Å²) in [5, 5.41) is 11.3. The van der Waals surface area contributed by atoms with E-state index in [2.05, 4.69) is 15.5 Å². The zero-order valence-corrected chi connectivity index (χ0v) is 16.0. The van der Waals surface area contributed by atoms with E-state index < -0.39 is 5.97 Å². The predicted molar refractivity (Wildman–Crippen MR) is 110 cm³/mol. The molecule has 1 N–H and O–H groups in total. The van der Waals surface area contributed by atoms with Gasteiger partial charge in [-0.05, 0) is 48.7 Å². The highest BCUT2D eigenvalue weighted by molar-refractivity contribution is 6.05. The Morgan fingerprint density at radius 2 is 1.79 bits per heavy atom. The quantitative estimate of drug-likeness (QED) is 0.688. The van der Waals surface area contributed by atoms with Crippen molar-refractivity contribution in [3.05, 3.63) is 77.5 Å². The van der Waals surface area contributed by atoms with Gasteiger partial charge in [0.2, 0.25) is 0 Å². The number of aromatic nitrogens is 2. The van der Waals surface area contributed by atoms with Crippen molar-refractivity contribution in [2.24, 2.45) is 0 Å². The number of benzene rings is 2. The first-order chi connectivity index (χ1) is 14.2. The Balaban J connectivity index is 1.54. The van der Waals surface area contributed by atoms with Crippen LogP contribution in [0.4, 0.5) is 17.2 Å². The molecule has 7 nitrogen and oxygen atoms in total. The minimum Gasteiger partial charge on any atom is -0.465 e. The molecule has 0 aliphatic carbocycles. The fourth-order valence-electron chi connectivity index (χ4n) is 3.41. The number of para-hydroxylation sites is 2. The van der Waals surface area contributed by atoms with Crippen molar-refractivity contribution in [3.8, 4) is 0 Å². The second-order valence-electron chi connectivity index (χ2n) is 6.66. The lowest BCUT2D eigenvalue weighted by molar-refractivity contribution is 0.0601. The number of anilines is 3. The summed E-state index contributed by atoms with van der Waals surface area (Å²) in [5.74, 6) is -0.195. The molecule has 3 aromatic rings. The van der Waals surface area contributed by atoms with Crippen molar-refractivity contribution in [3.63, 3.8) is 0 Å². The molecule has 0 spiro atoms. The van der Waals surface area contributed by atoms with E-state index in [1.807, 2.05) is 24.3 Å². The van der Waals surface area contributed by atoms with Crippen molar-refractivity contribution < 1.29 is 14.3 Å². The van der Waals surface area contributed by atoms with Gasteiger partial charge < -0.3 is 15.0 Å². The minimum atomic E-state index is -0.448. The number of aryl methyl sites for hydroxylation is 1. The van der Waals surface area contributed by atoms with Crippen LogP contribution in [0.5, 0.6) is 0 Å². The van der Waals surface area contributed by atoms with Crippen molar-refractivity contribution >= 4 is 29.1 Å². The Labute approximate surface area is 168 Å². The molecule has 29 heavy (non-hydrogen) atoms. The van der Waals surface area contributed by atoms with Crippen molar-refractivity contribution in [2.45, 2.75) is 12.8 Å². The normalized spacial score (nSPS) is 12.8. The SMILES string of the molecule is COC(=O)c1ccccc1Nc1ccc(C(=O)N2CCCc3ccccc32)nn1. The third-order valence-electron chi connectivity index (χ3n) is 4.83. The Kier molecular flexibility index (Phi) is 5.20. The molecule has 0 bridgehead atoms. The zero-order valence-electron chi connectivity index (χ0n) is 16.0. The standard InChI is InChI=1S/C22H20N4O3/c1-29-22(28)16-9-3-4-10-17(16)23-20-13-12-18(24-25-20)21(27)26-14-6-8-15-7-2-5-11-19(15)26/h2-5,7,9-13H,6,8,14H2,1H3,(H,23,25). The Morgan fingerprint density at radius 1 is 1.00 bits per heavy atom. The van der Waals surface area contributed by atoms with E-state index in [1.54, 1.807) is 41.3 Å². The van der Waals surface area contributed by atoms with Gasteiger partial charge in [0.1, 0.15) is 0 Å². The van der Waals surface area contributed by atoms with Crippen molar-refractivity contribution in [1.82, 2.24) is 10.2 Å². The largest absolute Gasteiger partial charge is 0.465 e. The molecule has 2 heterocycles. The molecule has 0 saturated heterocycles. The molecule has 7 heteroatoms. The van der Waals surface area contributed by atoms with Crippen LogP contribution in [0.2, 0.25) is 0 Å². The van der Waals surface area contributed by atoms with Crippen LogP contribution >= 0.6 is 0 Å². The van der Waals surface area contributed by atoms with Gasteiger partial charge in [0.05, 0.1) is 18.4 Å². The van der Waals surface area contributed by atoms with E-state index in [0.29, 0.717) is 23.6 Å². The molecule has 4 rings (SSSR count).